The highest BCUT2D eigenvalue weighted by Crippen LogP contribution is 2.35. The minimum absolute atomic E-state index is 0.00780. The molecule has 43 heavy (non-hydrogen) atoms. The molecule has 3 aromatic rings. The average Bonchev–Trinajstić information content (AvgIpc) is 3.00. The Morgan fingerprint density at radius 1 is 1.02 bits per heavy atom. The molecule has 4 heterocycles. The van der Waals surface area contributed by atoms with Gasteiger partial charge in [-0.05, 0) is 37.1 Å². The number of anilines is 5. The molecule has 2 aliphatic heterocycles. The predicted molar refractivity (Wildman–Crippen MR) is 159 cm³/mol. The molecule has 2 saturated heterocycles. The van der Waals surface area contributed by atoms with E-state index in [1.165, 1.54) is 19.4 Å². The molecule has 16 heteroatoms. The van der Waals surface area contributed by atoms with E-state index in [0.717, 1.165) is 68.4 Å². The van der Waals surface area contributed by atoms with Crippen molar-refractivity contribution in [1.29, 1.82) is 0 Å². The van der Waals surface area contributed by atoms with Crippen molar-refractivity contribution >= 4 is 39.0 Å². The molecule has 2 fully saturated rings. The summed E-state index contributed by atoms with van der Waals surface area (Å²) in [4.78, 5) is 21.0. The lowest BCUT2D eigenvalue weighted by atomic mass is 10.0. The summed E-state index contributed by atoms with van der Waals surface area (Å²) in [5.41, 5.74) is 0.763. The smallest absolute Gasteiger partial charge is 0.371 e. The first-order valence-electron chi connectivity index (χ1n) is 14.0. The van der Waals surface area contributed by atoms with Gasteiger partial charge >= 0.3 is 6.18 Å². The van der Waals surface area contributed by atoms with Crippen LogP contribution in [0.15, 0.2) is 42.9 Å². The highest BCUT2D eigenvalue weighted by Gasteiger charge is 2.35. The molecule has 0 atom stereocenters. The van der Waals surface area contributed by atoms with Crippen molar-refractivity contribution in [3.8, 4) is 0 Å². The molecule has 5 rings (SSSR count). The summed E-state index contributed by atoms with van der Waals surface area (Å²) in [6.07, 6.45) is 1.81. The van der Waals surface area contributed by atoms with Crippen molar-refractivity contribution in [1.82, 2.24) is 30.2 Å². The van der Waals surface area contributed by atoms with Gasteiger partial charge in [0.1, 0.15) is 17.1 Å². The number of halogens is 3. The number of benzene rings is 1. The van der Waals surface area contributed by atoms with Gasteiger partial charge in [0.2, 0.25) is 16.0 Å². The molecule has 0 unspecified atom stereocenters. The van der Waals surface area contributed by atoms with Gasteiger partial charge in [0.05, 0.1) is 12.8 Å². The summed E-state index contributed by atoms with van der Waals surface area (Å²) in [5, 5.41) is 9.02. The van der Waals surface area contributed by atoms with Crippen LogP contribution in [0, 0.1) is 0 Å². The topological polar surface area (TPSA) is 132 Å². The minimum atomic E-state index is -4.73. The van der Waals surface area contributed by atoms with Gasteiger partial charge in [-0.25, -0.2) is 18.4 Å². The maximum absolute atomic E-state index is 13.8. The van der Waals surface area contributed by atoms with E-state index in [2.05, 4.69) is 45.7 Å². The van der Waals surface area contributed by atoms with E-state index >= 15 is 0 Å². The summed E-state index contributed by atoms with van der Waals surface area (Å²) < 4.78 is 66.3. The van der Waals surface area contributed by atoms with E-state index in [9.17, 15) is 21.6 Å². The van der Waals surface area contributed by atoms with Crippen LogP contribution in [-0.4, -0.2) is 91.9 Å². The minimum Gasteiger partial charge on any atom is -0.371 e. The van der Waals surface area contributed by atoms with E-state index in [1.807, 2.05) is 24.3 Å². The zero-order valence-corrected chi connectivity index (χ0v) is 24.8. The van der Waals surface area contributed by atoms with Crippen LogP contribution in [0.2, 0.25) is 0 Å². The Morgan fingerprint density at radius 3 is 2.35 bits per heavy atom. The van der Waals surface area contributed by atoms with Crippen LogP contribution in [0.1, 0.15) is 24.1 Å². The van der Waals surface area contributed by atoms with Gasteiger partial charge in [-0.3, -0.25) is 14.2 Å². The molecule has 12 nitrogen and oxygen atoms in total. The molecule has 2 aromatic heterocycles. The number of piperazine rings is 1. The maximum atomic E-state index is 13.8. The first-order chi connectivity index (χ1) is 20.5. The largest absolute Gasteiger partial charge is 0.421 e. The molecule has 1 aromatic carbocycles. The van der Waals surface area contributed by atoms with Crippen molar-refractivity contribution in [2.45, 2.75) is 31.6 Å². The zero-order chi connectivity index (χ0) is 30.6. The van der Waals surface area contributed by atoms with Gasteiger partial charge in [-0.2, -0.15) is 18.2 Å². The van der Waals surface area contributed by atoms with Crippen molar-refractivity contribution < 1.29 is 21.6 Å². The number of sulfonamides is 1. The highest BCUT2D eigenvalue weighted by molar-refractivity contribution is 7.92. The van der Waals surface area contributed by atoms with Crippen LogP contribution < -0.4 is 25.2 Å². The van der Waals surface area contributed by atoms with Crippen LogP contribution >= 0.6 is 0 Å². The second-order valence-corrected chi connectivity index (χ2v) is 12.6. The summed E-state index contributed by atoms with van der Waals surface area (Å²) >= 11 is 0. The predicted octanol–water partition coefficient (Wildman–Crippen LogP) is 2.91. The number of alkyl halides is 3. The fourth-order valence-electron chi connectivity index (χ4n) is 5.28. The second-order valence-electron chi connectivity index (χ2n) is 10.5. The number of nitrogens with one attached hydrogen (secondary N) is 3. The van der Waals surface area contributed by atoms with E-state index in [4.69, 9.17) is 0 Å². The summed E-state index contributed by atoms with van der Waals surface area (Å²) in [5.74, 6) is -0.521. The number of hydrogen-bond donors (Lipinski definition) is 3. The Kier molecular flexibility index (Phi) is 9.17. The molecule has 0 aliphatic carbocycles. The molecule has 0 amide bonds. The molecule has 0 bridgehead atoms. The van der Waals surface area contributed by atoms with Crippen molar-refractivity contribution in [2.24, 2.45) is 0 Å². The third-order valence-corrected chi connectivity index (χ3v) is 8.85. The quantitative estimate of drug-likeness (QED) is 0.326. The van der Waals surface area contributed by atoms with Crippen molar-refractivity contribution in [3.05, 3.63) is 54.1 Å². The van der Waals surface area contributed by atoms with Crippen LogP contribution in [0.5, 0.6) is 0 Å². The molecule has 0 radical (unpaired) electrons. The fraction of sp³-hybridized carbons (Fsp3) is 0.481. The first kappa shape index (κ1) is 30.7. The molecule has 0 saturated carbocycles. The van der Waals surface area contributed by atoms with Crippen LogP contribution in [0.3, 0.4) is 0 Å². The summed E-state index contributed by atoms with van der Waals surface area (Å²) in [6, 6.07) is 8.26. The number of piperidine rings is 1. The highest BCUT2D eigenvalue weighted by atomic mass is 32.2. The number of nitrogens with zero attached hydrogens (tertiary/aromatic N) is 7. The normalized spacial score (nSPS) is 17.1. The van der Waals surface area contributed by atoms with Crippen molar-refractivity contribution in [3.63, 3.8) is 0 Å². The summed E-state index contributed by atoms with van der Waals surface area (Å²) in [6.45, 7) is 5.94. The van der Waals surface area contributed by atoms with E-state index in [-0.39, 0.29) is 24.0 Å². The van der Waals surface area contributed by atoms with Gasteiger partial charge < -0.3 is 20.9 Å². The number of hydrogen-bond acceptors (Lipinski definition) is 11. The van der Waals surface area contributed by atoms with Crippen LogP contribution in [0.25, 0.3) is 0 Å². The Hall–Kier alpha value is -3.76. The molecular formula is C27H35F3N10O2S. The fourth-order valence-corrected chi connectivity index (χ4v) is 5.74. The monoisotopic (exact) mass is 620 g/mol. The standard InChI is InChI=1S/C27H35F3N10O2S/c1-38(43(2,41)42)25-23(32-9-10-33-25)18-34-24-22(27(28,29)30)17-35-26(37-24)36-19-3-5-20(6-4-19)39-13-7-21(8-14-39)40-15-11-31-12-16-40/h3-6,9-10,17,21,31H,7-8,11-16,18H2,1-2H3,(H2,34,35,36,37). The molecular weight excluding hydrogens is 585 g/mol. The second kappa shape index (κ2) is 12.9. The van der Waals surface area contributed by atoms with E-state index in [1.54, 1.807) is 0 Å². The number of aromatic nitrogens is 4. The van der Waals surface area contributed by atoms with Gasteiger partial charge in [0.15, 0.2) is 5.82 Å². The number of rotatable bonds is 9. The Morgan fingerprint density at radius 2 is 1.70 bits per heavy atom. The van der Waals surface area contributed by atoms with Crippen LogP contribution in [0.4, 0.5) is 42.1 Å². The average molecular weight is 621 g/mol. The zero-order valence-electron chi connectivity index (χ0n) is 24.0. The molecule has 2 aliphatic rings. The lowest BCUT2D eigenvalue weighted by Crippen LogP contribution is -2.52. The van der Waals surface area contributed by atoms with E-state index in [0.29, 0.717) is 17.9 Å². The van der Waals surface area contributed by atoms with Gasteiger partial charge in [0, 0.05) is 82.3 Å². The maximum Gasteiger partial charge on any atom is 0.421 e. The lowest BCUT2D eigenvalue weighted by molar-refractivity contribution is -0.137. The first-order valence-corrected chi connectivity index (χ1v) is 15.8. The SMILES string of the molecule is CN(c1nccnc1CNc1nc(Nc2ccc(N3CCC(N4CCNCC4)CC3)cc2)ncc1C(F)(F)F)S(C)(=O)=O. The van der Waals surface area contributed by atoms with Gasteiger partial charge in [-0.15, -0.1) is 0 Å². The van der Waals surface area contributed by atoms with Crippen molar-refractivity contribution in [2.75, 3.05) is 72.4 Å². The van der Waals surface area contributed by atoms with Gasteiger partial charge in [-0.1, -0.05) is 0 Å². The molecule has 3 N–H and O–H groups in total. The molecule has 0 spiro atoms. The Bertz CT molecular complexity index is 1490. The van der Waals surface area contributed by atoms with Crippen LogP contribution in [-0.2, 0) is 22.7 Å². The lowest BCUT2D eigenvalue weighted by Gasteiger charge is -2.41. The third-order valence-electron chi connectivity index (χ3n) is 7.69. The van der Waals surface area contributed by atoms with E-state index < -0.39 is 27.6 Å². The van der Waals surface area contributed by atoms with Gasteiger partial charge in [0.25, 0.3) is 0 Å². The Labute approximate surface area is 248 Å². The Balaban J connectivity index is 1.26. The summed E-state index contributed by atoms with van der Waals surface area (Å²) in [7, 11) is -2.38. The molecule has 232 valence electrons. The third kappa shape index (κ3) is 7.61.